The molecule has 3 atom stereocenters. The molecule has 2 heteroatoms. The Kier molecular flexibility index (Phi) is 3.56. The number of epoxide rings is 1. The maximum atomic E-state index is 6.05. The molecule has 0 aromatic heterocycles. The Morgan fingerprint density at radius 2 is 2.12 bits per heavy atom. The summed E-state index contributed by atoms with van der Waals surface area (Å²) in [6.07, 6.45) is 3.23. The fourth-order valence-electron chi connectivity index (χ4n) is 2.22. The molecule has 1 aromatic rings. The molecule has 88 valence electrons. The van der Waals surface area contributed by atoms with Crippen molar-refractivity contribution in [3.05, 3.63) is 34.3 Å². The normalized spacial score (nSPS) is 25.5. The molecule has 0 saturated carbocycles. The summed E-state index contributed by atoms with van der Waals surface area (Å²) in [4.78, 5) is 0. The maximum Gasteiger partial charge on any atom is 0.0844 e. The topological polar surface area (TPSA) is 12.5 Å². The van der Waals surface area contributed by atoms with Crippen molar-refractivity contribution in [2.45, 2.75) is 51.7 Å². The van der Waals surface area contributed by atoms with E-state index in [1.165, 1.54) is 11.1 Å². The predicted octanol–water partition coefficient (Wildman–Crippen LogP) is 4.32. The number of hydrogen-bond acceptors (Lipinski definition) is 1. The second kappa shape index (κ2) is 4.77. The smallest absolute Gasteiger partial charge is 0.0844 e. The highest BCUT2D eigenvalue weighted by Gasteiger charge is 2.35. The monoisotopic (exact) mass is 238 g/mol. The summed E-state index contributed by atoms with van der Waals surface area (Å²) >= 11 is 6.05. The van der Waals surface area contributed by atoms with Crippen molar-refractivity contribution in [1.29, 1.82) is 0 Å². The zero-order valence-electron chi connectivity index (χ0n) is 10.2. The van der Waals surface area contributed by atoms with Crippen molar-refractivity contribution in [2.24, 2.45) is 0 Å². The molecule has 3 unspecified atom stereocenters. The van der Waals surface area contributed by atoms with Crippen LogP contribution in [0.5, 0.6) is 0 Å². The summed E-state index contributed by atoms with van der Waals surface area (Å²) in [6, 6.07) is 6.37. The molecule has 0 spiro atoms. The molecule has 1 aliphatic heterocycles. The molecule has 1 heterocycles. The van der Waals surface area contributed by atoms with Gasteiger partial charge in [0.05, 0.1) is 12.2 Å². The average molecular weight is 239 g/mol. The van der Waals surface area contributed by atoms with Crippen LogP contribution in [0.25, 0.3) is 0 Å². The van der Waals surface area contributed by atoms with Gasteiger partial charge in [-0.25, -0.2) is 0 Å². The van der Waals surface area contributed by atoms with E-state index in [2.05, 4.69) is 32.9 Å². The van der Waals surface area contributed by atoms with Crippen LogP contribution >= 0.6 is 11.6 Å². The van der Waals surface area contributed by atoms with Gasteiger partial charge in [-0.05, 0) is 49.8 Å². The highest BCUT2D eigenvalue weighted by atomic mass is 35.5. The molecule has 1 nitrogen and oxygen atoms in total. The van der Waals surface area contributed by atoms with Gasteiger partial charge in [0, 0.05) is 5.02 Å². The Balaban J connectivity index is 2.10. The third-order valence-electron chi connectivity index (χ3n) is 3.50. The van der Waals surface area contributed by atoms with Gasteiger partial charge >= 0.3 is 0 Å². The zero-order chi connectivity index (χ0) is 11.7. The predicted molar refractivity (Wildman–Crippen MR) is 68.2 cm³/mol. The fourth-order valence-corrected chi connectivity index (χ4v) is 2.34. The number of benzene rings is 1. The molecule has 2 rings (SSSR count). The zero-order valence-corrected chi connectivity index (χ0v) is 10.9. The van der Waals surface area contributed by atoms with Gasteiger partial charge in [0.2, 0.25) is 0 Å². The standard InChI is InChI=1S/C14H19ClO/c1-4-11(8-14-10(3)16-14)12-5-6-13(15)9(2)7-12/h5-7,10-11,14H,4,8H2,1-3H3. The summed E-state index contributed by atoms with van der Waals surface area (Å²) < 4.78 is 5.50. The van der Waals surface area contributed by atoms with Crippen LogP contribution in [0.15, 0.2) is 18.2 Å². The minimum Gasteiger partial charge on any atom is -0.370 e. The molecule has 0 N–H and O–H groups in total. The third-order valence-corrected chi connectivity index (χ3v) is 3.92. The molecule has 0 aliphatic carbocycles. The Morgan fingerprint density at radius 3 is 2.62 bits per heavy atom. The number of rotatable bonds is 4. The van der Waals surface area contributed by atoms with Gasteiger partial charge in [0.15, 0.2) is 0 Å². The molecular formula is C14H19ClO. The van der Waals surface area contributed by atoms with Gasteiger partial charge < -0.3 is 4.74 Å². The molecule has 16 heavy (non-hydrogen) atoms. The van der Waals surface area contributed by atoms with Crippen LogP contribution in [0.4, 0.5) is 0 Å². The van der Waals surface area contributed by atoms with E-state index in [0.717, 1.165) is 17.9 Å². The van der Waals surface area contributed by atoms with Gasteiger partial charge in [-0.15, -0.1) is 0 Å². The highest BCUT2D eigenvalue weighted by molar-refractivity contribution is 6.31. The van der Waals surface area contributed by atoms with Crippen molar-refractivity contribution in [2.75, 3.05) is 0 Å². The first kappa shape index (κ1) is 11.9. The summed E-state index contributed by atoms with van der Waals surface area (Å²) in [5, 5.41) is 0.856. The van der Waals surface area contributed by atoms with Crippen LogP contribution in [-0.4, -0.2) is 12.2 Å². The second-order valence-electron chi connectivity index (χ2n) is 4.73. The van der Waals surface area contributed by atoms with Crippen LogP contribution in [0, 0.1) is 6.92 Å². The number of hydrogen-bond donors (Lipinski definition) is 0. The molecule has 1 saturated heterocycles. The Labute approximate surface area is 103 Å². The van der Waals surface area contributed by atoms with E-state index in [0.29, 0.717) is 18.1 Å². The van der Waals surface area contributed by atoms with Gasteiger partial charge in [-0.1, -0.05) is 30.7 Å². The Bertz CT molecular complexity index is 375. The first-order chi connectivity index (χ1) is 7.61. The van der Waals surface area contributed by atoms with E-state index >= 15 is 0 Å². The van der Waals surface area contributed by atoms with Crippen molar-refractivity contribution in [3.8, 4) is 0 Å². The lowest BCUT2D eigenvalue weighted by Crippen LogP contribution is -2.03. The van der Waals surface area contributed by atoms with Crippen molar-refractivity contribution >= 4 is 11.6 Å². The first-order valence-electron chi connectivity index (χ1n) is 6.03. The van der Waals surface area contributed by atoms with E-state index in [1.54, 1.807) is 0 Å². The van der Waals surface area contributed by atoms with E-state index in [1.807, 2.05) is 6.07 Å². The van der Waals surface area contributed by atoms with Crippen molar-refractivity contribution in [1.82, 2.24) is 0 Å². The Hall–Kier alpha value is -0.530. The minimum atomic E-state index is 0.461. The summed E-state index contributed by atoms with van der Waals surface area (Å²) in [7, 11) is 0. The van der Waals surface area contributed by atoms with Crippen LogP contribution in [-0.2, 0) is 4.74 Å². The maximum absolute atomic E-state index is 6.05. The highest BCUT2D eigenvalue weighted by Crippen LogP contribution is 2.35. The van der Waals surface area contributed by atoms with Crippen LogP contribution in [0.3, 0.4) is 0 Å². The van der Waals surface area contributed by atoms with E-state index < -0.39 is 0 Å². The minimum absolute atomic E-state index is 0.461. The van der Waals surface area contributed by atoms with Gasteiger partial charge in [-0.2, -0.15) is 0 Å². The van der Waals surface area contributed by atoms with E-state index in [4.69, 9.17) is 16.3 Å². The van der Waals surface area contributed by atoms with Gasteiger partial charge in [-0.3, -0.25) is 0 Å². The lowest BCUT2D eigenvalue weighted by Gasteiger charge is -2.15. The van der Waals surface area contributed by atoms with E-state index in [-0.39, 0.29) is 0 Å². The number of ether oxygens (including phenoxy) is 1. The third kappa shape index (κ3) is 2.58. The van der Waals surface area contributed by atoms with Crippen molar-refractivity contribution in [3.63, 3.8) is 0 Å². The molecule has 0 radical (unpaired) electrons. The lowest BCUT2D eigenvalue weighted by molar-refractivity contribution is 0.357. The molecule has 0 amide bonds. The summed E-state index contributed by atoms with van der Waals surface area (Å²) in [5.41, 5.74) is 2.56. The summed E-state index contributed by atoms with van der Waals surface area (Å²) in [5.74, 6) is 0.603. The van der Waals surface area contributed by atoms with Gasteiger partial charge in [0.1, 0.15) is 0 Å². The fraction of sp³-hybridized carbons (Fsp3) is 0.571. The lowest BCUT2D eigenvalue weighted by atomic mass is 9.90. The van der Waals surface area contributed by atoms with Crippen LogP contribution in [0.1, 0.15) is 43.7 Å². The quantitative estimate of drug-likeness (QED) is 0.712. The largest absolute Gasteiger partial charge is 0.370 e. The van der Waals surface area contributed by atoms with Crippen LogP contribution < -0.4 is 0 Å². The molecule has 0 bridgehead atoms. The number of aryl methyl sites for hydroxylation is 1. The van der Waals surface area contributed by atoms with E-state index in [9.17, 15) is 0 Å². The first-order valence-corrected chi connectivity index (χ1v) is 6.41. The second-order valence-corrected chi connectivity index (χ2v) is 5.14. The molecule has 1 fully saturated rings. The molecule has 1 aliphatic rings. The SMILES string of the molecule is CCC(CC1OC1C)c1ccc(Cl)c(C)c1. The van der Waals surface area contributed by atoms with Crippen molar-refractivity contribution < 1.29 is 4.74 Å². The summed E-state index contributed by atoms with van der Waals surface area (Å²) in [6.45, 7) is 6.45. The number of halogens is 1. The molecular weight excluding hydrogens is 220 g/mol. The Morgan fingerprint density at radius 1 is 1.44 bits per heavy atom. The molecule has 1 aromatic carbocycles. The average Bonchev–Trinajstić information content (AvgIpc) is 2.95. The van der Waals surface area contributed by atoms with Gasteiger partial charge in [0.25, 0.3) is 0 Å². The van der Waals surface area contributed by atoms with Crippen LogP contribution in [0.2, 0.25) is 5.02 Å².